The molecule has 0 amide bonds. The molecule has 0 radical (unpaired) electrons. The average Bonchev–Trinajstić information content (AvgIpc) is 2.91. The van der Waals surface area contributed by atoms with Gasteiger partial charge >= 0.3 is 0 Å². The van der Waals surface area contributed by atoms with Crippen molar-refractivity contribution in [3.8, 4) is 11.5 Å². The van der Waals surface area contributed by atoms with Gasteiger partial charge < -0.3 is 15.2 Å². The van der Waals surface area contributed by atoms with Gasteiger partial charge in [0.1, 0.15) is 0 Å². The van der Waals surface area contributed by atoms with E-state index < -0.39 is 10.0 Å². The molecule has 0 spiro atoms. The maximum atomic E-state index is 12.5. The van der Waals surface area contributed by atoms with Crippen LogP contribution in [0.2, 0.25) is 0 Å². The molecule has 8 heteroatoms. The fourth-order valence-electron chi connectivity index (χ4n) is 2.00. The van der Waals surface area contributed by atoms with Gasteiger partial charge in [-0.2, -0.15) is 0 Å². The first kappa shape index (κ1) is 19.0. The van der Waals surface area contributed by atoms with E-state index >= 15 is 0 Å². The third-order valence-corrected chi connectivity index (χ3v) is 5.54. The molecule has 2 N–H and O–H groups in total. The standard InChI is InChI=1S/C14H22N2O4S.ClH/c1-10(2)12(15)6-7-16(3)21(17,18)11-4-5-13-14(8-11)20-9-19-13;/h4-5,8,10,12H,6-7,9,15H2,1-3H3;1H. The average molecular weight is 351 g/mol. The summed E-state index contributed by atoms with van der Waals surface area (Å²) in [7, 11) is -1.98. The quantitative estimate of drug-likeness (QED) is 0.846. The van der Waals surface area contributed by atoms with Gasteiger partial charge in [-0.1, -0.05) is 13.8 Å². The number of hydrogen-bond acceptors (Lipinski definition) is 5. The molecular formula is C14H23ClN2O4S. The molecule has 0 bridgehead atoms. The lowest BCUT2D eigenvalue weighted by Gasteiger charge is -2.21. The molecule has 0 saturated carbocycles. The van der Waals surface area contributed by atoms with Crippen LogP contribution < -0.4 is 15.2 Å². The lowest BCUT2D eigenvalue weighted by Crippen LogP contribution is -2.34. The summed E-state index contributed by atoms with van der Waals surface area (Å²) in [5.41, 5.74) is 5.96. The maximum absolute atomic E-state index is 12.5. The molecule has 0 saturated heterocycles. The Hall–Kier alpha value is -1.02. The molecule has 1 aliphatic rings. The molecule has 22 heavy (non-hydrogen) atoms. The van der Waals surface area contributed by atoms with Crippen molar-refractivity contribution in [3.05, 3.63) is 18.2 Å². The van der Waals surface area contributed by atoms with E-state index in [1.165, 1.54) is 16.4 Å². The summed E-state index contributed by atoms with van der Waals surface area (Å²) in [6.45, 7) is 4.56. The van der Waals surface area contributed by atoms with Gasteiger partial charge in [0, 0.05) is 25.7 Å². The van der Waals surface area contributed by atoms with Crippen LogP contribution in [-0.2, 0) is 10.0 Å². The first-order chi connectivity index (χ1) is 9.82. The normalized spacial score (nSPS) is 15.0. The van der Waals surface area contributed by atoms with Gasteiger partial charge in [0.2, 0.25) is 16.8 Å². The molecule has 6 nitrogen and oxygen atoms in total. The van der Waals surface area contributed by atoms with E-state index in [-0.39, 0.29) is 30.1 Å². The summed E-state index contributed by atoms with van der Waals surface area (Å²) in [5, 5.41) is 0. The molecule has 1 aromatic rings. The highest BCUT2D eigenvalue weighted by atomic mass is 35.5. The predicted molar refractivity (Wildman–Crippen MR) is 87.1 cm³/mol. The van der Waals surface area contributed by atoms with Gasteiger partial charge in [-0.25, -0.2) is 12.7 Å². The van der Waals surface area contributed by atoms with E-state index in [1.807, 2.05) is 13.8 Å². The highest BCUT2D eigenvalue weighted by molar-refractivity contribution is 7.89. The Bertz CT molecular complexity index is 607. The van der Waals surface area contributed by atoms with E-state index in [0.29, 0.717) is 30.4 Å². The van der Waals surface area contributed by atoms with E-state index in [2.05, 4.69) is 0 Å². The van der Waals surface area contributed by atoms with Crippen LogP contribution in [0.3, 0.4) is 0 Å². The second kappa shape index (κ2) is 7.50. The van der Waals surface area contributed by atoms with Crippen molar-refractivity contribution >= 4 is 22.4 Å². The Morgan fingerprint density at radius 3 is 2.55 bits per heavy atom. The summed E-state index contributed by atoms with van der Waals surface area (Å²) in [5.74, 6) is 1.36. The summed E-state index contributed by atoms with van der Waals surface area (Å²) >= 11 is 0. The first-order valence-corrected chi connectivity index (χ1v) is 8.38. The molecule has 126 valence electrons. The number of sulfonamides is 1. The molecular weight excluding hydrogens is 328 g/mol. The van der Waals surface area contributed by atoms with E-state index in [0.717, 1.165) is 0 Å². The smallest absolute Gasteiger partial charge is 0.242 e. The maximum Gasteiger partial charge on any atom is 0.242 e. The zero-order chi connectivity index (χ0) is 15.6. The Labute approximate surface area is 138 Å². The number of nitrogens with two attached hydrogens (primary N) is 1. The summed E-state index contributed by atoms with van der Waals surface area (Å²) in [6.07, 6.45) is 0.623. The van der Waals surface area contributed by atoms with Crippen molar-refractivity contribution in [1.29, 1.82) is 0 Å². The number of nitrogens with zero attached hydrogens (tertiary/aromatic N) is 1. The second-order valence-corrected chi connectivity index (χ2v) is 7.58. The zero-order valence-corrected chi connectivity index (χ0v) is 14.6. The van der Waals surface area contributed by atoms with Crippen LogP contribution in [0.15, 0.2) is 23.1 Å². The van der Waals surface area contributed by atoms with Crippen LogP contribution in [-0.4, -0.2) is 39.2 Å². The molecule has 2 rings (SSSR count). The lowest BCUT2D eigenvalue weighted by molar-refractivity contribution is 0.174. The van der Waals surface area contributed by atoms with Crippen LogP contribution in [0.25, 0.3) is 0 Å². The number of ether oxygens (including phenoxy) is 2. The number of rotatable bonds is 6. The fourth-order valence-corrected chi connectivity index (χ4v) is 3.20. The van der Waals surface area contributed by atoms with Crippen molar-refractivity contribution in [2.75, 3.05) is 20.4 Å². The number of fused-ring (bicyclic) bond motifs is 1. The van der Waals surface area contributed by atoms with Crippen molar-refractivity contribution in [2.45, 2.75) is 31.2 Å². The summed E-state index contributed by atoms with van der Waals surface area (Å²) < 4.78 is 36.7. The molecule has 0 fully saturated rings. The number of halogens is 1. The minimum absolute atomic E-state index is 0. The zero-order valence-electron chi connectivity index (χ0n) is 13.0. The van der Waals surface area contributed by atoms with Crippen LogP contribution in [0.5, 0.6) is 11.5 Å². The second-order valence-electron chi connectivity index (χ2n) is 5.54. The number of benzene rings is 1. The molecule has 1 aromatic carbocycles. The van der Waals surface area contributed by atoms with E-state index in [9.17, 15) is 8.42 Å². The predicted octanol–water partition coefficient (Wildman–Crippen LogP) is 1.83. The molecule has 1 atom stereocenters. The van der Waals surface area contributed by atoms with Gasteiger partial charge in [-0.15, -0.1) is 12.4 Å². The highest BCUT2D eigenvalue weighted by Gasteiger charge is 2.24. The number of hydrogen-bond donors (Lipinski definition) is 1. The summed E-state index contributed by atoms with van der Waals surface area (Å²) in [6, 6.07) is 4.63. The minimum Gasteiger partial charge on any atom is -0.454 e. The molecule has 0 aromatic heterocycles. The Kier molecular flexibility index (Phi) is 6.49. The lowest BCUT2D eigenvalue weighted by atomic mass is 10.0. The van der Waals surface area contributed by atoms with E-state index in [1.54, 1.807) is 13.1 Å². The van der Waals surface area contributed by atoms with Gasteiger partial charge in [-0.05, 0) is 24.5 Å². The molecule has 0 aliphatic carbocycles. The topological polar surface area (TPSA) is 81.9 Å². The van der Waals surface area contributed by atoms with Crippen LogP contribution in [0.4, 0.5) is 0 Å². The minimum atomic E-state index is -3.54. The third-order valence-electron chi connectivity index (χ3n) is 3.69. The molecule has 1 unspecified atom stereocenters. The highest BCUT2D eigenvalue weighted by Crippen LogP contribution is 2.34. The molecule has 1 heterocycles. The van der Waals surface area contributed by atoms with Crippen molar-refractivity contribution < 1.29 is 17.9 Å². The third kappa shape index (κ3) is 4.04. The SMILES string of the molecule is CC(C)C(N)CCN(C)S(=O)(=O)c1ccc2c(c1)OCO2.Cl. The Balaban J connectivity index is 0.00000242. The van der Waals surface area contributed by atoms with Crippen molar-refractivity contribution in [2.24, 2.45) is 11.7 Å². The Morgan fingerprint density at radius 1 is 1.27 bits per heavy atom. The van der Waals surface area contributed by atoms with Crippen LogP contribution in [0.1, 0.15) is 20.3 Å². The first-order valence-electron chi connectivity index (χ1n) is 6.94. The largest absolute Gasteiger partial charge is 0.454 e. The van der Waals surface area contributed by atoms with Crippen molar-refractivity contribution in [1.82, 2.24) is 4.31 Å². The van der Waals surface area contributed by atoms with Gasteiger partial charge in [0.05, 0.1) is 4.90 Å². The van der Waals surface area contributed by atoms with Gasteiger partial charge in [0.15, 0.2) is 11.5 Å². The molecule has 1 aliphatic heterocycles. The van der Waals surface area contributed by atoms with Crippen LogP contribution >= 0.6 is 12.4 Å². The summed E-state index contributed by atoms with van der Waals surface area (Å²) in [4.78, 5) is 0.201. The van der Waals surface area contributed by atoms with Gasteiger partial charge in [0.25, 0.3) is 0 Å². The van der Waals surface area contributed by atoms with Gasteiger partial charge in [-0.3, -0.25) is 0 Å². The fraction of sp³-hybridized carbons (Fsp3) is 0.571. The van der Waals surface area contributed by atoms with E-state index in [4.69, 9.17) is 15.2 Å². The van der Waals surface area contributed by atoms with Crippen molar-refractivity contribution in [3.63, 3.8) is 0 Å². The van der Waals surface area contributed by atoms with Crippen LogP contribution in [0, 0.1) is 5.92 Å². The monoisotopic (exact) mass is 350 g/mol. The Morgan fingerprint density at radius 2 is 1.91 bits per heavy atom.